The second-order valence-electron chi connectivity index (χ2n) is 5.11. The fourth-order valence-electron chi connectivity index (χ4n) is 2.58. The molecule has 2 aromatic rings. The molecule has 1 aromatic carbocycles. The van der Waals surface area contributed by atoms with Gasteiger partial charge in [0.15, 0.2) is 5.82 Å². The molecule has 6 heteroatoms. The van der Waals surface area contributed by atoms with E-state index in [-0.39, 0.29) is 0 Å². The van der Waals surface area contributed by atoms with Gasteiger partial charge in [0.1, 0.15) is 5.75 Å². The highest BCUT2D eigenvalue weighted by Gasteiger charge is 2.17. The number of hydrogen-bond donors (Lipinski definition) is 1. The third-order valence-corrected chi connectivity index (χ3v) is 3.77. The second-order valence-corrected chi connectivity index (χ2v) is 5.11. The van der Waals surface area contributed by atoms with Crippen molar-refractivity contribution in [1.82, 2.24) is 25.5 Å². The molecule has 1 aliphatic heterocycles. The van der Waals surface area contributed by atoms with Crippen molar-refractivity contribution in [3.8, 4) is 17.1 Å². The molecule has 1 aliphatic rings. The Morgan fingerprint density at radius 2 is 2.00 bits per heavy atom. The molecule has 106 valence electrons. The van der Waals surface area contributed by atoms with Gasteiger partial charge in [0.25, 0.3) is 0 Å². The molecule has 1 saturated heterocycles. The Morgan fingerprint density at radius 3 is 2.70 bits per heavy atom. The van der Waals surface area contributed by atoms with E-state index in [1.54, 1.807) is 7.11 Å². The van der Waals surface area contributed by atoms with E-state index in [2.05, 4.69) is 20.8 Å². The minimum absolute atomic E-state index is 0.650. The van der Waals surface area contributed by atoms with E-state index in [0.717, 1.165) is 36.8 Å². The van der Waals surface area contributed by atoms with Crippen LogP contribution in [-0.2, 0) is 6.54 Å². The summed E-state index contributed by atoms with van der Waals surface area (Å²) in [5, 5.41) is 15.5. The molecule has 3 rings (SSSR count). The summed E-state index contributed by atoms with van der Waals surface area (Å²) >= 11 is 0. The predicted molar refractivity (Wildman–Crippen MR) is 75.4 cm³/mol. The Kier molecular flexibility index (Phi) is 3.92. The van der Waals surface area contributed by atoms with E-state index < -0.39 is 0 Å². The number of hydrogen-bond acceptors (Lipinski definition) is 5. The maximum atomic E-state index is 5.17. The van der Waals surface area contributed by atoms with Gasteiger partial charge in [-0.15, -0.1) is 5.10 Å². The predicted octanol–water partition coefficient (Wildman–Crippen LogP) is 1.35. The van der Waals surface area contributed by atoms with Gasteiger partial charge in [-0.05, 0) is 66.5 Å². The molecule has 1 N–H and O–H groups in total. The molecule has 0 spiro atoms. The molecule has 0 atom stereocenters. The van der Waals surface area contributed by atoms with Crippen molar-refractivity contribution in [2.45, 2.75) is 19.4 Å². The number of aromatic nitrogens is 4. The molecule has 0 amide bonds. The summed E-state index contributed by atoms with van der Waals surface area (Å²) in [4.78, 5) is 0. The van der Waals surface area contributed by atoms with Crippen LogP contribution in [0.15, 0.2) is 24.3 Å². The van der Waals surface area contributed by atoms with E-state index in [4.69, 9.17) is 4.74 Å². The first-order valence-corrected chi connectivity index (χ1v) is 6.98. The molecule has 0 unspecified atom stereocenters. The molecule has 20 heavy (non-hydrogen) atoms. The SMILES string of the molecule is COc1ccc(-c2nnnn2CC2CCNCC2)cc1. The van der Waals surface area contributed by atoms with Gasteiger partial charge in [0, 0.05) is 12.1 Å². The van der Waals surface area contributed by atoms with Crippen molar-refractivity contribution < 1.29 is 4.74 Å². The number of nitrogens with one attached hydrogen (secondary N) is 1. The molecule has 1 fully saturated rings. The normalized spacial score (nSPS) is 16.2. The maximum Gasteiger partial charge on any atom is 0.182 e. The average Bonchev–Trinajstić information content (AvgIpc) is 2.96. The largest absolute Gasteiger partial charge is 0.497 e. The van der Waals surface area contributed by atoms with Gasteiger partial charge in [0.2, 0.25) is 0 Å². The fourth-order valence-corrected chi connectivity index (χ4v) is 2.58. The monoisotopic (exact) mass is 273 g/mol. The fraction of sp³-hybridized carbons (Fsp3) is 0.500. The van der Waals surface area contributed by atoms with Crippen LogP contribution in [0.2, 0.25) is 0 Å². The molecular weight excluding hydrogens is 254 g/mol. The smallest absolute Gasteiger partial charge is 0.182 e. The first kappa shape index (κ1) is 13.1. The summed E-state index contributed by atoms with van der Waals surface area (Å²) in [6.45, 7) is 3.06. The highest BCUT2D eigenvalue weighted by Crippen LogP contribution is 2.22. The minimum Gasteiger partial charge on any atom is -0.497 e. The summed E-state index contributed by atoms with van der Waals surface area (Å²) in [5.74, 6) is 2.31. The topological polar surface area (TPSA) is 64.9 Å². The highest BCUT2D eigenvalue weighted by molar-refractivity contribution is 5.55. The van der Waals surface area contributed by atoms with Crippen LogP contribution in [-0.4, -0.2) is 40.4 Å². The van der Waals surface area contributed by atoms with E-state index in [9.17, 15) is 0 Å². The molecule has 0 aliphatic carbocycles. The van der Waals surface area contributed by atoms with Crippen LogP contribution >= 0.6 is 0 Å². The third kappa shape index (κ3) is 2.80. The summed E-state index contributed by atoms with van der Waals surface area (Å²) in [5.41, 5.74) is 1.02. The van der Waals surface area contributed by atoms with Crippen molar-refractivity contribution in [3.05, 3.63) is 24.3 Å². The lowest BCUT2D eigenvalue weighted by molar-refractivity contribution is 0.320. The lowest BCUT2D eigenvalue weighted by Gasteiger charge is -2.22. The average molecular weight is 273 g/mol. The molecule has 1 aromatic heterocycles. The Bertz CT molecular complexity index is 545. The highest BCUT2D eigenvalue weighted by atomic mass is 16.5. The van der Waals surface area contributed by atoms with Crippen molar-refractivity contribution in [2.24, 2.45) is 5.92 Å². The lowest BCUT2D eigenvalue weighted by Crippen LogP contribution is -2.30. The van der Waals surface area contributed by atoms with Crippen LogP contribution in [0, 0.1) is 5.92 Å². The number of ether oxygens (including phenoxy) is 1. The lowest BCUT2D eigenvalue weighted by atomic mass is 9.98. The van der Waals surface area contributed by atoms with Crippen LogP contribution in [0.25, 0.3) is 11.4 Å². The number of rotatable bonds is 4. The molecule has 2 heterocycles. The van der Waals surface area contributed by atoms with Crippen LogP contribution < -0.4 is 10.1 Å². The zero-order valence-electron chi connectivity index (χ0n) is 11.6. The van der Waals surface area contributed by atoms with Gasteiger partial charge in [-0.1, -0.05) is 0 Å². The Labute approximate surface area is 118 Å². The molecule has 0 bridgehead atoms. The molecular formula is C14H19N5O. The first-order valence-electron chi connectivity index (χ1n) is 6.98. The molecule has 0 saturated carbocycles. The number of benzene rings is 1. The zero-order chi connectivity index (χ0) is 13.8. The van der Waals surface area contributed by atoms with Gasteiger partial charge < -0.3 is 10.1 Å². The van der Waals surface area contributed by atoms with Crippen molar-refractivity contribution in [2.75, 3.05) is 20.2 Å². The van der Waals surface area contributed by atoms with Crippen LogP contribution in [0.3, 0.4) is 0 Å². The molecule has 0 radical (unpaired) electrons. The maximum absolute atomic E-state index is 5.17. The van der Waals surface area contributed by atoms with Gasteiger partial charge in [0.05, 0.1) is 7.11 Å². The van der Waals surface area contributed by atoms with Crippen LogP contribution in [0.1, 0.15) is 12.8 Å². The quantitative estimate of drug-likeness (QED) is 0.911. The zero-order valence-corrected chi connectivity index (χ0v) is 11.6. The summed E-state index contributed by atoms with van der Waals surface area (Å²) in [7, 11) is 1.66. The van der Waals surface area contributed by atoms with E-state index >= 15 is 0 Å². The summed E-state index contributed by atoms with van der Waals surface area (Å²) in [6.07, 6.45) is 2.36. The van der Waals surface area contributed by atoms with Gasteiger partial charge in [-0.2, -0.15) is 0 Å². The van der Waals surface area contributed by atoms with Crippen LogP contribution in [0.5, 0.6) is 5.75 Å². The van der Waals surface area contributed by atoms with Crippen molar-refractivity contribution in [3.63, 3.8) is 0 Å². The standard InChI is InChI=1S/C14H19N5O/c1-20-13-4-2-12(3-5-13)14-16-17-18-19(14)10-11-6-8-15-9-7-11/h2-5,11,15H,6-10H2,1H3. The third-order valence-electron chi connectivity index (χ3n) is 3.77. The molecule has 6 nitrogen and oxygen atoms in total. The van der Waals surface area contributed by atoms with E-state index in [0.29, 0.717) is 5.92 Å². The Balaban J connectivity index is 1.77. The van der Waals surface area contributed by atoms with Gasteiger partial charge in [-0.25, -0.2) is 4.68 Å². The van der Waals surface area contributed by atoms with E-state index in [1.807, 2.05) is 28.9 Å². The van der Waals surface area contributed by atoms with Crippen molar-refractivity contribution >= 4 is 0 Å². The number of tetrazole rings is 1. The summed E-state index contributed by atoms with van der Waals surface area (Å²) < 4.78 is 7.09. The number of piperidine rings is 1. The number of methoxy groups -OCH3 is 1. The number of nitrogens with zero attached hydrogens (tertiary/aromatic N) is 4. The van der Waals surface area contributed by atoms with E-state index in [1.165, 1.54) is 12.8 Å². The van der Waals surface area contributed by atoms with Gasteiger partial charge in [-0.3, -0.25) is 0 Å². The van der Waals surface area contributed by atoms with Gasteiger partial charge >= 0.3 is 0 Å². The van der Waals surface area contributed by atoms with Crippen molar-refractivity contribution in [1.29, 1.82) is 0 Å². The summed E-state index contributed by atoms with van der Waals surface area (Å²) in [6, 6.07) is 7.84. The Hall–Kier alpha value is -1.95. The first-order chi connectivity index (χ1) is 9.86. The second kappa shape index (κ2) is 6.00. The minimum atomic E-state index is 0.650. The Morgan fingerprint density at radius 1 is 1.25 bits per heavy atom. The van der Waals surface area contributed by atoms with Crippen LogP contribution in [0.4, 0.5) is 0 Å².